The highest BCUT2D eigenvalue weighted by Gasteiger charge is 2.36. The maximum Gasteiger partial charge on any atom is 0.289 e. The Balaban J connectivity index is 1.46. The number of para-hydroxylation sites is 1. The Hall–Kier alpha value is -3.41. The van der Waals surface area contributed by atoms with E-state index < -0.39 is 5.41 Å². The van der Waals surface area contributed by atoms with E-state index in [1.165, 1.54) is 6.07 Å². The Morgan fingerprint density at radius 2 is 1.47 bits per heavy atom. The van der Waals surface area contributed by atoms with Gasteiger partial charge >= 0.3 is 0 Å². The fraction of sp³-hybridized carbons (Fsp3) is 0.292. The summed E-state index contributed by atoms with van der Waals surface area (Å²) < 4.78 is 5.67. The van der Waals surface area contributed by atoms with Crippen molar-refractivity contribution in [1.29, 1.82) is 0 Å². The van der Waals surface area contributed by atoms with Crippen LogP contribution in [0.5, 0.6) is 0 Å². The molecule has 4 rings (SSSR count). The van der Waals surface area contributed by atoms with Gasteiger partial charge in [0.2, 0.25) is 5.91 Å². The van der Waals surface area contributed by atoms with Crippen LogP contribution in [0.4, 0.5) is 0 Å². The zero-order chi connectivity index (χ0) is 21.3. The molecule has 0 radical (unpaired) electrons. The number of benzene rings is 2. The van der Waals surface area contributed by atoms with Crippen molar-refractivity contribution < 1.29 is 14.0 Å². The van der Waals surface area contributed by atoms with Crippen molar-refractivity contribution in [2.45, 2.75) is 19.3 Å². The number of rotatable bonds is 3. The molecular weight excluding hydrogens is 380 g/mol. The van der Waals surface area contributed by atoms with Gasteiger partial charge in [-0.3, -0.25) is 14.4 Å². The van der Waals surface area contributed by atoms with Crippen molar-refractivity contribution >= 4 is 22.8 Å². The van der Waals surface area contributed by atoms with Gasteiger partial charge in [-0.1, -0.05) is 42.5 Å². The van der Waals surface area contributed by atoms with Gasteiger partial charge in [-0.15, -0.1) is 0 Å². The van der Waals surface area contributed by atoms with Crippen LogP contribution in [0, 0.1) is 0 Å². The third-order valence-electron chi connectivity index (χ3n) is 5.73. The molecule has 30 heavy (non-hydrogen) atoms. The van der Waals surface area contributed by atoms with Crippen molar-refractivity contribution in [2.75, 3.05) is 26.2 Å². The van der Waals surface area contributed by atoms with Crippen molar-refractivity contribution in [2.24, 2.45) is 0 Å². The van der Waals surface area contributed by atoms with Crippen LogP contribution in [0.2, 0.25) is 0 Å². The average molecular weight is 404 g/mol. The van der Waals surface area contributed by atoms with E-state index in [1.54, 1.807) is 34.1 Å². The maximum absolute atomic E-state index is 13.1. The fourth-order valence-corrected chi connectivity index (χ4v) is 3.85. The Morgan fingerprint density at radius 3 is 2.17 bits per heavy atom. The standard InChI is InChI=1S/C24H24N2O4/c1-24(2,17-8-4-3-5-9-17)23(29)26-14-12-25(13-15-26)22(28)21-16-19(27)18-10-6-7-11-20(18)30-21/h3-11,16H,12-15H2,1-2H3. The molecule has 1 aromatic heterocycles. The number of carbonyl (C=O) groups excluding carboxylic acids is 2. The molecule has 0 saturated carbocycles. The van der Waals surface area contributed by atoms with Crippen molar-refractivity contribution in [3.63, 3.8) is 0 Å². The molecule has 2 heterocycles. The van der Waals surface area contributed by atoms with E-state index in [0.717, 1.165) is 5.56 Å². The number of fused-ring (bicyclic) bond motifs is 1. The van der Waals surface area contributed by atoms with Gasteiger partial charge in [0.05, 0.1) is 10.8 Å². The number of hydrogen-bond donors (Lipinski definition) is 0. The lowest BCUT2D eigenvalue weighted by Gasteiger charge is -2.38. The first-order valence-electron chi connectivity index (χ1n) is 10.0. The lowest BCUT2D eigenvalue weighted by atomic mass is 9.83. The zero-order valence-corrected chi connectivity index (χ0v) is 17.1. The quantitative estimate of drug-likeness (QED) is 0.673. The van der Waals surface area contributed by atoms with Gasteiger partial charge < -0.3 is 14.2 Å². The van der Waals surface area contributed by atoms with Crippen LogP contribution < -0.4 is 5.43 Å². The maximum atomic E-state index is 13.1. The normalized spacial score (nSPS) is 14.7. The van der Waals surface area contributed by atoms with Gasteiger partial charge in [0.25, 0.3) is 5.91 Å². The first-order valence-corrected chi connectivity index (χ1v) is 10.0. The second kappa shape index (κ2) is 7.78. The van der Waals surface area contributed by atoms with E-state index >= 15 is 0 Å². The molecule has 3 aromatic rings. The second-order valence-corrected chi connectivity index (χ2v) is 8.05. The molecule has 0 unspecified atom stereocenters. The molecule has 0 spiro atoms. The molecule has 6 nitrogen and oxygen atoms in total. The molecule has 1 aliphatic rings. The summed E-state index contributed by atoms with van der Waals surface area (Å²) in [6, 6.07) is 17.8. The van der Waals surface area contributed by atoms with Gasteiger partial charge in [-0.25, -0.2) is 0 Å². The summed E-state index contributed by atoms with van der Waals surface area (Å²) in [6.45, 7) is 5.52. The van der Waals surface area contributed by atoms with Crippen LogP contribution in [0.15, 0.2) is 69.9 Å². The molecule has 154 valence electrons. The largest absolute Gasteiger partial charge is 0.451 e. The molecule has 1 fully saturated rings. The molecule has 0 atom stereocenters. The van der Waals surface area contributed by atoms with E-state index in [4.69, 9.17) is 4.42 Å². The van der Waals surface area contributed by atoms with Gasteiger partial charge in [0.1, 0.15) is 5.58 Å². The van der Waals surface area contributed by atoms with Crippen molar-refractivity contribution in [3.05, 3.63) is 82.2 Å². The highest BCUT2D eigenvalue weighted by Crippen LogP contribution is 2.26. The molecule has 0 N–H and O–H groups in total. The number of hydrogen-bond acceptors (Lipinski definition) is 4. The van der Waals surface area contributed by atoms with Crippen LogP contribution in [0.1, 0.15) is 30.0 Å². The summed E-state index contributed by atoms with van der Waals surface area (Å²) in [6.07, 6.45) is 0. The summed E-state index contributed by atoms with van der Waals surface area (Å²) in [5.41, 5.74) is 0.482. The van der Waals surface area contributed by atoms with Crippen LogP contribution in [0.3, 0.4) is 0 Å². The van der Waals surface area contributed by atoms with Gasteiger partial charge in [-0.2, -0.15) is 0 Å². The third kappa shape index (κ3) is 3.61. The van der Waals surface area contributed by atoms with E-state index in [0.29, 0.717) is 37.1 Å². The van der Waals surface area contributed by atoms with Crippen LogP contribution in [0.25, 0.3) is 11.0 Å². The minimum absolute atomic E-state index is 0.0306. The summed E-state index contributed by atoms with van der Waals surface area (Å²) in [5.74, 6) is -0.256. The Morgan fingerprint density at radius 1 is 0.867 bits per heavy atom. The zero-order valence-electron chi connectivity index (χ0n) is 17.1. The van der Waals surface area contributed by atoms with Crippen LogP contribution in [-0.4, -0.2) is 47.8 Å². The van der Waals surface area contributed by atoms with E-state index in [9.17, 15) is 14.4 Å². The Labute approximate surface area is 174 Å². The molecule has 6 heteroatoms. The molecule has 2 aromatic carbocycles. The van der Waals surface area contributed by atoms with E-state index in [2.05, 4.69) is 0 Å². The summed E-state index contributed by atoms with van der Waals surface area (Å²) in [7, 11) is 0. The third-order valence-corrected chi connectivity index (χ3v) is 5.73. The van der Waals surface area contributed by atoms with Gasteiger partial charge in [-0.05, 0) is 31.5 Å². The number of carbonyl (C=O) groups is 2. The van der Waals surface area contributed by atoms with E-state index in [-0.39, 0.29) is 23.0 Å². The first-order chi connectivity index (χ1) is 14.4. The minimum Gasteiger partial charge on any atom is -0.451 e. The average Bonchev–Trinajstić information content (AvgIpc) is 2.78. The molecule has 1 saturated heterocycles. The first kappa shape index (κ1) is 19.9. The SMILES string of the molecule is CC(C)(C(=O)N1CCN(C(=O)c2cc(=O)c3ccccc3o2)CC1)c1ccccc1. The highest BCUT2D eigenvalue weighted by atomic mass is 16.3. The molecule has 0 aliphatic carbocycles. The lowest BCUT2D eigenvalue weighted by molar-refractivity contribution is -0.137. The van der Waals surface area contributed by atoms with E-state index in [1.807, 2.05) is 44.2 Å². The topological polar surface area (TPSA) is 70.8 Å². The monoisotopic (exact) mass is 404 g/mol. The highest BCUT2D eigenvalue weighted by molar-refractivity contribution is 5.93. The fourth-order valence-electron chi connectivity index (χ4n) is 3.85. The lowest BCUT2D eigenvalue weighted by Crippen LogP contribution is -2.54. The van der Waals surface area contributed by atoms with Crippen LogP contribution in [-0.2, 0) is 10.2 Å². The predicted octanol–water partition coefficient (Wildman–Crippen LogP) is 3.06. The van der Waals surface area contributed by atoms with Gasteiger partial charge in [0.15, 0.2) is 11.2 Å². The molecular formula is C24H24N2O4. The smallest absolute Gasteiger partial charge is 0.289 e. The van der Waals surface area contributed by atoms with Gasteiger partial charge in [0, 0.05) is 32.2 Å². The molecule has 1 aliphatic heterocycles. The summed E-state index contributed by atoms with van der Waals surface area (Å²) in [4.78, 5) is 41.7. The number of nitrogens with zero attached hydrogens (tertiary/aromatic N) is 2. The van der Waals surface area contributed by atoms with Crippen molar-refractivity contribution in [1.82, 2.24) is 9.80 Å². The molecule has 2 amide bonds. The predicted molar refractivity (Wildman–Crippen MR) is 114 cm³/mol. The summed E-state index contributed by atoms with van der Waals surface area (Å²) >= 11 is 0. The minimum atomic E-state index is -0.640. The number of piperazine rings is 1. The van der Waals surface area contributed by atoms with Crippen molar-refractivity contribution in [3.8, 4) is 0 Å². The Kier molecular flexibility index (Phi) is 5.16. The summed E-state index contributed by atoms with van der Waals surface area (Å²) in [5, 5.41) is 0.451. The second-order valence-electron chi connectivity index (χ2n) is 8.05. The number of amides is 2. The molecule has 0 bridgehead atoms. The van der Waals surface area contributed by atoms with Crippen LogP contribution >= 0.6 is 0 Å². The Bertz CT molecular complexity index is 1140.